The fraction of sp³-hybridized carbons (Fsp3) is 0.286. The molecule has 1 aromatic carbocycles. The number of nitrogens with one attached hydrogen (secondary N) is 2. The van der Waals surface area contributed by atoms with Gasteiger partial charge in [0.1, 0.15) is 5.69 Å². The molecule has 25 heavy (non-hydrogen) atoms. The lowest BCUT2D eigenvalue weighted by Gasteiger charge is -2.08. The van der Waals surface area contributed by atoms with Crippen LogP contribution in [-0.4, -0.2) is 48.0 Å². The Morgan fingerprint density at radius 2 is 1.92 bits per heavy atom. The zero-order valence-corrected chi connectivity index (χ0v) is 13.7. The number of benzene rings is 1. The first-order valence-electron chi connectivity index (χ1n) is 7.57. The number of aryl methyl sites for hydroxylation is 2. The molecule has 0 unspecified atom stereocenters. The third-order valence-electron chi connectivity index (χ3n) is 3.54. The van der Waals surface area contributed by atoms with Gasteiger partial charge in [0.15, 0.2) is 0 Å². The maximum atomic E-state index is 11.1. The smallest absolute Gasteiger partial charge is 0.333 e. The summed E-state index contributed by atoms with van der Waals surface area (Å²) in [4.78, 5) is 10.7. The monoisotopic (exact) mass is 343 g/mol. The molecule has 0 spiro atoms. The summed E-state index contributed by atoms with van der Waals surface area (Å²) in [7, 11) is 1.66. The van der Waals surface area contributed by atoms with Gasteiger partial charge in [0.25, 0.3) is 0 Å². The molecule has 0 amide bonds. The Balaban J connectivity index is 1.62. The van der Waals surface area contributed by atoms with Crippen molar-refractivity contribution in [1.82, 2.24) is 30.0 Å². The van der Waals surface area contributed by atoms with Gasteiger partial charge in [-0.3, -0.25) is 10.1 Å². The van der Waals surface area contributed by atoms with Crippen LogP contribution in [0.1, 0.15) is 5.69 Å². The van der Waals surface area contributed by atoms with Gasteiger partial charge in [0.2, 0.25) is 11.8 Å². The van der Waals surface area contributed by atoms with Gasteiger partial charge in [-0.2, -0.15) is 9.78 Å². The molecule has 0 radical (unpaired) electrons. The van der Waals surface area contributed by atoms with Crippen LogP contribution in [0.4, 0.5) is 17.5 Å². The first kappa shape index (κ1) is 16.4. The average Bonchev–Trinajstić information content (AvgIpc) is 3.16. The predicted molar refractivity (Wildman–Crippen MR) is 90.7 cm³/mol. The van der Waals surface area contributed by atoms with Gasteiger partial charge >= 0.3 is 5.69 Å². The number of nitrogens with zero attached hydrogens (tertiary/aromatic N) is 7. The minimum Gasteiger partial charge on any atom is -0.363 e. The lowest BCUT2D eigenvalue weighted by Crippen LogP contribution is -2.18. The summed E-state index contributed by atoms with van der Waals surface area (Å²) < 4.78 is 3.04. The SMILES string of the molecule is Cc1nn(C)c(NCCNc2nnnn2-c2ccccc2)c1[N+](=O)[O-]. The van der Waals surface area contributed by atoms with Crippen LogP contribution in [0.3, 0.4) is 0 Å². The second-order valence-corrected chi connectivity index (χ2v) is 5.27. The first-order valence-corrected chi connectivity index (χ1v) is 7.57. The largest absolute Gasteiger partial charge is 0.363 e. The van der Waals surface area contributed by atoms with Gasteiger partial charge < -0.3 is 10.6 Å². The van der Waals surface area contributed by atoms with E-state index in [4.69, 9.17) is 0 Å². The van der Waals surface area contributed by atoms with Crippen LogP contribution >= 0.6 is 0 Å². The number of tetrazole rings is 1. The molecule has 0 aliphatic carbocycles. The lowest BCUT2D eigenvalue weighted by molar-refractivity contribution is -0.384. The molecule has 3 aromatic rings. The van der Waals surface area contributed by atoms with Crippen molar-refractivity contribution < 1.29 is 4.92 Å². The maximum Gasteiger partial charge on any atom is 0.333 e. The summed E-state index contributed by atoms with van der Waals surface area (Å²) in [6.45, 7) is 2.51. The van der Waals surface area contributed by atoms with Gasteiger partial charge in [-0.25, -0.2) is 4.68 Å². The third kappa shape index (κ3) is 3.39. The molecule has 11 heteroatoms. The van der Waals surface area contributed by atoms with Crippen LogP contribution in [-0.2, 0) is 7.05 Å². The maximum absolute atomic E-state index is 11.1. The van der Waals surface area contributed by atoms with E-state index in [0.29, 0.717) is 30.5 Å². The van der Waals surface area contributed by atoms with E-state index in [1.165, 1.54) is 4.68 Å². The molecule has 0 aliphatic rings. The number of anilines is 2. The zero-order chi connectivity index (χ0) is 17.8. The molecule has 2 N–H and O–H groups in total. The highest BCUT2D eigenvalue weighted by atomic mass is 16.6. The summed E-state index contributed by atoms with van der Waals surface area (Å²) in [5.41, 5.74) is 1.19. The van der Waals surface area contributed by atoms with Gasteiger partial charge in [0, 0.05) is 20.1 Å². The molecule has 0 fully saturated rings. The van der Waals surface area contributed by atoms with E-state index in [9.17, 15) is 10.1 Å². The Hall–Kier alpha value is -3.50. The average molecular weight is 343 g/mol. The van der Waals surface area contributed by atoms with E-state index >= 15 is 0 Å². The molecule has 0 saturated heterocycles. The van der Waals surface area contributed by atoms with E-state index < -0.39 is 4.92 Å². The van der Waals surface area contributed by atoms with E-state index in [2.05, 4.69) is 31.3 Å². The Morgan fingerprint density at radius 1 is 1.20 bits per heavy atom. The van der Waals surface area contributed by atoms with Gasteiger partial charge in [-0.1, -0.05) is 23.3 Å². The Bertz CT molecular complexity index is 872. The standard InChI is InChI=1S/C14H17N9O2/c1-10-12(23(24)25)13(21(2)18-10)15-8-9-16-14-17-19-20-22(14)11-6-4-3-5-7-11/h3-7,15H,8-9H2,1-2H3,(H,16,17,20). The van der Waals surface area contributed by atoms with Crippen LogP contribution < -0.4 is 10.6 Å². The molecule has 0 saturated carbocycles. The molecule has 3 rings (SSSR count). The van der Waals surface area contributed by atoms with Gasteiger partial charge in [-0.05, 0) is 29.5 Å². The van der Waals surface area contributed by atoms with E-state index in [1.54, 1.807) is 18.7 Å². The molecule has 0 aliphatic heterocycles. The highest BCUT2D eigenvalue weighted by Gasteiger charge is 2.23. The van der Waals surface area contributed by atoms with Crippen molar-refractivity contribution in [1.29, 1.82) is 0 Å². The van der Waals surface area contributed by atoms with E-state index in [-0.39, 0.29) is 5.69 Å². The highest BCUT2D eigenvalue weighted by Crippen LogP contribution is 2.26. The number of hydrogen-bond donors (Lipinski definition) is 2. The summed E-state index contributed by atoms with van der Waals surface area (Å²) in [5, 5.41) is 32.9. The quantitative estimate of drug-likeness (QED) is 0.371. The number of rotatable bonds is 7. The molecular weight excluding hydrogens is 326 g/mol. The Kier molecular flexibility index (Phi) is 4.55. The number of para-hydroxylation sites is 1. The summed E-state index contributed by atoms with van der Waals surface area (Å²) in [5.74, 6) is 0.857. The van der Waals surface area contributed by atoms with Gasteiger partial charge in [0.05, 0.1) is 10.6 Å². The topological polar surface area (TPSA) is 129 Å². The van der Waals surface area contributed by atoms with Crippen LogP contribution in [0.25, 0.3) is 5.69 Å². The molecule has 0 atom stereocenters. The summed E-state index contributed by atoms with van der Waals surface area (Å²) in [6.07, 6.45) is 0. The normalized spacial score (nSPS) is 10.6. The zero-order valence-electron chi connectivity index (χ0n) is 13.7. The van der Waals surface area contributed by atoms with Crippen molar-refractivity contribution in [3.63, 3.8) is 0 Å². The number of nitro groups is 1. The van der Waals surface area contributed by atoms with Crippen molar-refractivity contribution in [3.05, 3.63) is 46.1 Å². The molecule has 130 valence electrons. The van der Waals surface area contributed by atoms with Crippen LogP contribution in [0.5, 0.6) is 0 Å². The van der Waals surface area contributed by atoms with Gasteiger partial charge in [-0.15, -0.1) is 0 Å². The van der Waals surface area contributed by atoms with Crippen molar-refractivity contribution in [3.8, 4) is 5.69 Å². The molecule has 11 nitrogen and oxygen atoms in total. The third-order valence-corrected chi connectivity index (χ3v) is 3.54. The Labute approximate surface area is 142 Å². The fourth-order valence-corrected chi connectivity index (χ4v) is 2.46. The van der Waals surface area contributed by atoms with Crippen LogP contribution in [0.2, 0.25) is 0 Å². The van der Waals surface area contributed by atoms with Crippen LogP contribution in [0, 0.1) is 17.0 Å². The molecule has 0 bridgehead atoms. The minimum atomic E-state index is -0.436. The van der Waals surface area contributed by atoms with Crippen molar-refractivity contribution in [2.24, 2.45) is 7.05 Å². The Morgan fingerprint density at radius 3 is 2.64 bits per heavy atom. The van der Waals surface area contributed by atoms with Crippen molar-refractivity contribution >= 4 is 17.5 Å². The van der Waals surface area contributed by atoms with Crippen LogP contribution in [0.15, 0.2) is 30.3 Å². The summed E-state index contributed by atoms with van der Waals surface area (Å²) in [6, 6.07) is 9.48. The second-order valence-electron chi connectivity index (χ2n) is 5.27. The van der Waals surface area contributed by atoms with E-state index in [1.807, 2.05) is 30.3 Å². The van der Waals surface area contributed by atoms with Crippen molar-refractivity contribution in [2.75, 3.05) is 23.7 Å². The highest BCUT2D eigenvalue weighted by molar-refractivity contribution is 5.59. The first-order chi connectivity index (χ1) is 12.1. The predicted octanol–water partition coefficient (Wildman–Crippen LogP) is 1.14. The molecule has 2 aromatic heterocycles. The van der Waals surface area contributed by atoms with Crippen molar-refractivity contribution in [2.45, 2.75) is 6.92 Å². The number of hydrogen-bond acceptors (Lipinski definition) is 8. The molecule has 2 heterocycles. The lowest BCUT2D eigenvalue weighted by atomic mass is 10.3. The summed E-state index contributed by atoms with van der Waals surface area (Å²) >= 11 is 0. The minimum absolute atomic E-state index is 0.0170. The second kappa shape index (κ2) is 6.95. The van der Waals surface area contributed by atoms with E-state index in [0.717, 1.165) is 5.69 Å². The fourth-order valence-electron chi connectivity index (χ4n) is 2.46. The number of aromatic nitrogens is 6. The molecular formula is C14H17N9O2.